The van der Waals surface area contributed by atoms with E-state index in [1.807, 2.05) is 13.8 Å². The molecule has 1 atom stereocenters. The average molecular weight is 202 g/mol. The van der Waals surface area contributed by atoms with E-state index < -0.39 is 0 Å². The Kier molecular flexibility index (Phi) is 7.42. The van der Waals surface area contributed by atoms with Crippen molar-refractivity contribution >= 4 is 5.91 Å². The number of rotatable bonds is 8. The minimum atomic E-state index is -0.369. The lowest BCUT2D eigenvalue weighted by atomic mass is 10.2. The zero-order valence-electron chi connectivity index (χ0n) is 9.38. The molecule has 14 heavy (non-hydrogen) atoms. The van der Waals surface area contributed by atoms with E-state index in [0.717, 1.165) is 12.8 Å². The fourth-order valence-corrected chi connectivity index (χ4v) is 1.06. The van der Waals surface area contributed by atoms with Crippen molar-refractivity contribution in [1.82, 2.24) is 5.32 Å². The van der Waals surface area contributed by atoms with Gasteiger partial charge in [-0.25, -0.2) is 0 Å². The Morgan fingerprint density at radius 3 is 2.57 bits per heavy atom. The summed E-state index contributed by atoms with van der Waals surface area (Å²) in [4.78, 5) is 11.0. The Morgan fingerprint density at radius 1 is 1.50 bits per heavy atom. The van der Waals surface area contributed by atoms with Crippen LogP contribution in [0.5, 0.6) is 0 Å². The summed E-state index contributed by atoms with van der Waals surface area (Å²) < 4.78 is 5.34. The topological polar surface area (TPSA) is 64.3 Å². The molecule has 0 aromatic heterocycles. The highest BCUT2D eigenvalue weighted by Gasteiger charge is 2.15. The van der Waals surface area contributed by atoms with Crippen molar-refractivity contribution in [2.24, 2.45) is 5.73 Å². The van der Waals surface area contributed by atoms with Crippen molar-refractivity contribution in [2.75, 3.05) is 13.2 Å². The number of hydrogen-bond donors (Lipinski definition) is 2. The fourth-order valence-electron chi connectivity index (χ4n) is 1.06. The summed E-state index contributed by atoms with van der Waals surface area (Å²) >= 11 is 0. The van der Waals surface area contributed by atoms with E-state index in [4.69, 9.17) is 10.5 Å². The van der Waals surface area contributed by atoms with E-state index in [-0.39, 0.29) is 18.0 Å². The van der Waals surface area contributed by atoms with Gasteiger partial charge in [-0.15, -0.1) is 0 Å². The molecule has 4 heteroatoms. The third kappa shape index (κ3) is 6.86. The standard InChI is InChI=1S/C10H22N2O2/c1-4-5-6-14-7-9(10(11)13)12-8(2)3/h8-9,12H,4-7H2,1-3H3,(H2,11,13). The highest BCUT2D eigenvalue weighted by atomic mass is 16.5. The van der Waals surface area contributed by atoms with Gasteiger partial charge in [0.05, 0.1) is 6.61 Å². The first-order valence-corrected chi connectivity index (χ1v) is 5.21. The zero-order chi connectivity index (χ0) is 11.0. The number of unbranched alkanes of at least 4 members (excludes halogenated alkanes) is 1. The van der Waals surface area contributed by atoms with E-state index in [2.05, 4.69) is 12.2 Å². The Labute approximate surface area is 86.2 Å². The normalized spacial score (nSPS) is 13.1. The zero-order valence-corrected chi connectivity index (χ0v) is 9.38. The van der Waals surface area contributed by atoms with Gasteiger partial charge in [0.25, 0.3) is 0 Å². The summed E-state index contributed by atoms with van der Waals surface area (Å²) in [7, 11) is 0. The summed E-state index contributed by atoms with van der Waals surface area (Å²) in [5.41, 5.74) is 5.22. The molecule has 0 aromatic rings. The van der Waals surface area contributed by atoms with Crippen molar-refractivity contribution in [1.29, 1.82) is 0 Å². The number of carbonyl (C=O) groups excluding carboxylic acids is 1. The molecule has 84 valence electrons. The molecule has 0 saturated carbocycles. The third-order valence-corrected chi connectivity index (χ3v) is 1.80. The predicted octanol–water partition coefficient (Wildman–Crippen LogP) is 0.655. The number of primary amides is 1. The molecule has 0 radical (unpaired) electrons. The van der Waals surface area contributed by atoms with Gasteiger partial charge in [0.2, 0.25) is 5.91 Å². The maximum Gasteiger partial charge on any atom is 0.236 e. The lowest BCUT2D eigenvalue weighted by molar-refractivity contribution is -0.121. The van der Waals surface area contributed by atoms with E-state index in [1.165, 1.54) is 0 Å². The van der Waals surface area contributed by atoms with Gasteiger partial charge < -0.3 is 15.8 Å². The fraction of sp³-hybridized carbons (Fsp3) is 0.900. The van der Waals surface area contributed by atoms with Crippen molar-refractivity contribution < 1.29 is 9.53 Å². The second-order valence-electron chi connectivity index (χ2n) is 3.70. The van der Waals surface area contributed by atoms with Crippen LogP contribution in [0.3, 0.4) is 0 Å². The molecule has 3 N–H and O–H groups in total. The average Bonchev–Trinajstić information content (AvgIpc) is 2.09. The molecule has 0 saturated heterocycles. The lowest BCUT2D eigenvalue weighted by Gasteiger charge is -2.17. The molecule has 0 aliphatic heterocycles. The van der Waals surface area contributed by atoms with Crippen LogP contribution in [-0.2, 0) is 9.53 Å². The number of nitrogens with two attached hydrogens (primary N) is 1. The molecule has 1 amide bonds. The maximum absolute atomic E-state index is 11.0. The van der Waals surface area contributed by atoms with Crippen LogP contribution in [0.25, 0.3) is 0 Å². The molecular weight excluding hydrogens is 180 g/mol. The SMILES string of the molecule is CCCCOCC(NC(C)C)C(N)=O. The van der Waals surface area contributed by atoms with Crippen LogP contribution >= 0.6 is 0 Å². The molecule has 0 heterocycles. The van der Waals surface area contributed by atoms with Crippen molar-refractivity contribution in [3.8, 4) is 0 Å². The lowest BCUT2D eigenvalue weighted by Crippen LogP contribution is -2.47. The third-order valence-electron chi connectivity index (χ3n) is 1.80. The quantitative estimate of drug-likeness (QED) is 0.568. The highest BCUT2D eigenvalue weighted by Crippen LogP contribution is 1.92. The van der Waals surface area contributed by atoms with Crippen LogP contribution in [0.15, 0.2) is 0 Å². The summed E-state index contributed by atoms with van der Waals surface area (Å²) in [6.07, 6.45) is 2.12. The summed E-state index contributed by atoms with van der Waals surface area (Å²) in [5, 5.41) is 3.06. The van der Waals surface area contributed by atoms with Gasteiger partial charge in [-0.1, -0.05) is 27.2 Å². The monoisotopic (exact) mass is 202 g/mol. The largest absolute Gasteiger partial charge is 0.379 e. The van der Waals surface area contributed by atoms with Crippen LogP contribution in [0.1, 0.15) is 33.6 Å². The Morgan fingerprint density at radius 2 is 2.14 bits per heavy atom. The summed E-state index contributed by atoms with van der Waals surface area (Å²) in [6.45, 7) is 7.11. The van der Waals surface area contributed by atoms with Crippen molar-refractivity contribution in [3.05, 3.63) is 0 Å². The van der Waals surface area contributed by atoms with Gasteiger partial charge in [-0.3, -0.25) is 4.79 Å². The highest BCUT2D eigenvalue weighted by molar-refractivity contribution is 5.80. The second kappa shape index (κ2) is 7.76. The number of hydrogen-bond acceptors (Lipinski definition) is 3. The Balaban J connectivity index is 3.68. The molecule has 0 fully saturated rings. The van der Waals surface area contributed by atoms with Gasteiger partial charge in [-0.2, -0.15) is 0 Å². The van der Waals surface area contributed by atoms with Crippen LogP contribution in [-0.4, -0.2) is 31.2 Å². The van der Waals surface area contributed by atoms with Crippen LogP contribution < -0.4 is 11.1 Å². The molecule has 1 unspecified atom stereocenters. The Hall–Kier alpha value is -0.610. The number of carbonyl (C=O) groups is 1. The minimum absolute atomic E-state index is 0.238. The second-order valence-corrected chi connectivity index (χ2v) is 3.70. The number of nitrogens with one attached hydrogen (secondary N) is 1. The van der Waals surface area contributed by atoms with Gasteiger partial charge in [0.1, 0.15) is 6.04 Å². The van der Waals surface area contributed by atoms with Crippen molar-refractivity contribution in [2.45, 2.75) is 45.7 Å². The smallest absolute Gasteiger partial charge is 0.236 e. The van der Waals surface area contributed by atoms with E-state index in [0.29, 0.717) is 13.2 Å². The first kappa shape index (κ1) is 13.4. The molecule has 0 aromatic carbocycles. The van der Waals surface area contributed by atoms with Gasteiger partial charge in [0, 0.05) is 12.6 Å². The Bertz CT molecular complexity index is 160. The first-order valence-electron chi connectivity index (χ1n) is 5.21. The number of ether oxygens (including phenoxy) is 1. The van der Waals surface area contributed by atoms with E-state index >= 15 is 0 Å². The van der Waals surface area contributed by atoms with Crippen LogP contribution in [0.2, 0.25) is 0 Å². The molecule has 0 spiro atoms. The molecular formula is C10H22N2O2. The molecule has 4 nitrogen and oxygen atoms in total. The van der Waals surface area contributed by atoms with E-state index in [9.17, 15) is 4.79 Å². The van der Waals surface area contributed by atoms with Gasteiger partial charge >= 0.3 is 0 Å². The first-order chi connectivity index (χ1) is 6.57. The van der Waals surface area contributed by atoms with Gasteiger partial charge in [0.15, 0.2) is 0 Å². The summed E-state index contributed by atoms with van der Waals surface area (Å²) in [5.74, 6) is -0.352. The van der Waals surface area contributed by atoms with Gasteiger partial charge in [-0.05, 0) is 6.42 Å². The molecule has 0 bridgehead atoms. The number of amides is 1. The maximum atomic E-state index is 11.0. The minimum Gasteiger partial charge on any atom is -0.379 e. The summed E-state index contributed by atoms with van der Waals surface area (Å²) in [6, 6.07) is -0.130. The van der Waals surface area contributed by atoms with Crippen molar-refractivity contribution in [3.63, 3.8) is 0 Å². The van der Waals surface area contributed by atoms with Crippen LogP contribution in [0.4, 0.5) is 0 Å². The van der Waals surface area contributed by atoms with E-state index in [1.54, 1.807) is 0 Å². The van der Waals surface area contributed by atoms with Crippen LogP contribution in [0, 0.1) is 0 Å². The molecule has 0 aliphatic rings. The molecule has 0 rings (SSSR count). The predicted molar refractivity (Wildman–Crippen MR) is 57.0 cm³/mol. The molecule has 0 aliphatic carbocycles.